The number of hydrogen-bond acceptors (Lipinski definition) is 3. The van der Waals surface area contributed by atoms with Crippen LogP contribution in [0, 0.1) is 0 Å². The van der Waals surface area contributed by atoms with Gasteiger partial charge in [0.15, 0.2) is 0 Å². The van der Waals surface area contributed by atoms with Crippen LogP contribution in [0.5, 0.6) is 0 Å². The zero-order valence-corrected chi connectivity index (χ0v) is 10.4. The van der Waals surface area contributed by atoms with Crippen molar-refractivity contribution in [1.29, 1.82) is 0 Å². The zero-order valence-electron chi connectivity index (χ0n) is 10.4. The van der Waals surface area contributed by atoms with Gasteiger partial charge in [-0.2, -0.15) is 0 Å². The van der Waals surface area contributed by atoms with Crippen LogP contribution in [0.1, 0.15) is 5.56 Å². The molecule has 0 saturated carbocycles. The second-order valence-corrected chi connectivity index (χ2v) is 4.72. The van der Waals surface area contributed by atoms with Gasteiger partial charge >= 0.3 is 0 Å². The summed E-state index contributed by atoms with van der Waals surface area (Å²) in [5.41, 5.74) is 2.58. The predicted molar refractivity (Wildman–Crippen MR) is 72.9 cm³/mol. The van der Waals surface area contributed by atoms with Gasteiger partial charge in [0.1, 0.15) is 6.26 Å². The van der Waals surface area contributed by atoms with Crippen LogP contribution in [0.25, 0.3) is 0 Å². The van der Waals surface area contributed by atoms with Crippen molar-refractivity contribution < 1.29 is 4.42 Å². The Balaban J connectivity index is 1.76. The number of furan rings is 1. The van der Waals surface area contributed by atoms with Crippen LogP contribution in [-0.2, 0) is 6.42 Å². The van der Waals surface area contributed by atoms with Crippen LogP contribution in [-0.4, -0.2) is 25.7 Å². The Bertz CT molecular complexity index is 467. The molecule has 3 rings (SSSR count). The van der Waals surface area contributed by atoms with Crippen molar-refractivity contribution in [2.75, 3.05) is 24.5 Å². The van der Waals surface area contributed by atoms with Gasteiger partial charge in [0.2, 0.25) is 0 Å². The van der Waals surface area contributed by atoms with E-state index in [1.165, 1.54) is 11.3 Å². The Labute approximate surface area is 107 Å². The van der Waals surface area contributed by atoms with Crippen molar-refractivity contribution >= 4 is 5.69 Å². The van der Waals surface area contributed by atoms with Crippen molar-refractivity contribution in [3.05, 3.63) is 54.5 Å². The summed E-state index contributed by atoms with van der Waals surface area (Å²) < 4.78 is 5.20. The molecule has 1 aliphatic heterocycles. The molecule has 0 aliphatic carbocycles. The lowest BCUT2D eigenvalue weighted by Crippen LogP contribution is -2.52. The molecule has 94 valence electrons. The van der Waals surface area contributed by atoms with Gasteiger partial charge in [-0.05, 0) is 18.1 Å². The van der Waals surface area contributed by atoms with E-state index in [0.29, 0.717) is 6.04 Å². The Kier molecular flexibility index (Phi) is 3.33. The van der Waals surface area contributed by atoms with E-state index in [9.17, 15) is 0 Å². The van der Waals surface area contributed by atoms with Gasteiger partial charge < -0.3 is 14.6 Å². The van der Waals surface area contributed by atoms with Gasteiger partial charge in [0, 0.05) is 25.7 Å². The lowest BCUT2D eigenvalue weighted by molar-refractivity contribution is 0.471. The molecule has 0 spiro atoms. The fraction of sp³-hybridized carbons (Fsp3) is 0.333. The van der Waals surface area contributed by atoms with E-state index < -0.39 is 0 Å². The molecule has 1 atom stereocenters. The van der Waals surface area contributed by atoms with E-state index in [1.807, 2.05) is 12.3 Å². The number of benzene rings is 1. The number of anilines is 1. The number of rotatable bonds is 3. The van der Waals surface area contributed by atoms with Crippen molar-refractivity contribution in [2.24, 2.45) is 0 Å². The summed E-state index contributed by atoms with van der Waals surface area (Å²) in [4.78, 5) is 2.44. The third-order valence-electron chi connectivity index (χ3n) is 3.50. The van der Waals surface area contributed by atoms with E-state index in [1.54, 1.807) is 6.26 Å². The molecule has 2 aromatic rings. The molecule has 2 heterocycles. The second kappa shape index (κ2) is 5.27. The van der Waals surface area contributed by atoms with Crippen molar-refractivity contribution in [3.8, 4) is 0 Å². The minimum Gasteiger partial charge on any atom is -0.470 e. The first-order valence-electron chi connectivity index (χ1n) is 6.47. The van der Waals surface area contributed by atoms with Crippen molar-refractivity contribution in [2.45, 2.75) is 12.5 Å². The minimum absolute atomic E-state index is 0.499. The Hall–Kier alpha value is -1.74. The molecule has 0 unspecified atom stereocenters. The van der Waals surface area contributed by atoms with Crippen molar-refractivity contribution in [1.82, 2.24) is 5.32 Å². The molecule has 3 nitrogen and oxygen atoms in total. The average molecular weight is 242 g/mol. The van der Waals surface area contributed by atoms with Gasteiger partial charge in [0.05, 0.1) is 12.0 Å². The van der Waals surface area contributed by atoms with Crippen LogP contribution in [0.4, 0.5) is 5.69 Å². The van der Waals surface area contributed by atoms with Crippen LogP contribution in [0.15, 0.2) is 53.3 Å². The van der Waals surface area contributed by atoms with E-state index >= 15 is 0 Å². The Morgan fingerprint density at radius 1 is 1.22 bits per heavy atom. The molecule has 1 saturated heterocycles. The molecule has 1 N–H and O–H groups in total. The molecule has 18 heavy (non-hydrogen) atoms. The third-order valence-corrected chi connectivity index (χ3v) is 3.50. The maximum Gasteiger partial charge on any atom is 0.114 e. The maximum atomic E-state index is 5.20. The van der Waals surface area contributed by atoms with E-state index in [4.69, 9.17) is 4.42 Å². The summed E-state index contributed by atoms with van der Waals surface area (Å²) in [5.74, 6) is 0. The van der Waals surface area contributed by atoms with E-state index in [2.05, 4.69) is 40.5 Å². The molecule has 3 heteroatoms. The van der Waals surface area contributed by atoms with Crippen LogP contribution in [0.2, 0.25) is 0 Å². The summed E-state index contributed by atoms with van der Waals surface area (Å²) in [6.07, 6.45) is 4.65. The average Bonchev–Trinajstić information content (AvgIpc) is 2.94. The number of piperazine rings is 1. The normalized spacial score (nSPS) is 20.0. The lowest BCUT2D eigenvalue weighted by Gasteiger charge is -2.37. The molecular formula is C15H18N2O. The Morgan fingerprint density at radius 2 is 2.11 bits per heavy atom. The summed E-state index contributed by atoms with van der Waals surface area (Å²) in [6.45, 7) is 3.10. The fourth-order valence-electron chi connectivity index (χ4n) is 2.59. The molecule has 1 fully saturated rings. The van der Waals surface area contributed by atoms with Crippen LogP contribution >= 0.6 is 0 Å². The molecule has 0 radical (unpaired) electrons. The van der Waals surface area contributed by atoms with Gasteiger partial charge in [-0.25, -0.2) is 0 Å². The summed E-state index contributed by atoms with van der Waals surface area (Å²) in [6, 6.07) is 13.2. The molecule has 1 aromatic carbocycles. The van der Waals surface area contributed by atoms with Gasteiger partial charge in [0.25, 0.3) is 0 Å². The topological polar surface area (TPSA) is 28.4 Å². The highest BCUT2D eigenvalue weighted by Crippen LogP contribution is 2.20. The SMILES string of the molecule is c1ccc(C[C@H]2CNCCN2c2ccoc2)cc1. The summed E-state index contributed by atoms with van der Waals surface area (Å²) in [5, 5.41) is 3.47. The molecular weight excluding hydrogens is 224 g/mol. The van der Waals surface area contributed by atoms with Gasteiger partial charge in [-0.15, -0.1) is 0 Å². The first-order valence-corrected chi connectivity index (χ1v) is 6.47. The smallest absolute Gasteiger partial charge is 0.114 e. The summed E-state index contributed by atoms with van der Waals surface area (Å²) in [7, 11) is 0. The van der Waals surface area contributed by atoms with E-state index in [-0.39, 0.29) is 0 Å². The van der Waals surface area contributed by atoms with Crippen molar-refractivity contribution in [3.63, 3.8) is 0 Å². The standard InChI is InChI=1S/C15H18N2O/c1-2-4-13(5-3-1)10-15-11-16-7-8-17(15)14-6-9-18-12-14/h1-6,9,12,15-16H,7-8,10-11H2/t15-/m0/s1. The molecule has 1 aromatic heterocycles. The maximum absolute atomic E-state index is 5.20. The van der Waals surface area contributed by atoms with Crippen LogP contribution < -0.4 is 10.2 Å². The first-order chi connectivity index (χ1) is 8.93. The van der Waals surface area contributed by atoms with E-state index in [0.717, 1.165) is 26.1 Å². The molecule has 0 bridgehead atoms. The van der Waals surface area contributed by atoms with Gasteiger partial charge in [-0.3, -0.25) is 0 Å². The van der Waals surface area contributed by atoms with Gasteiger partial charge in [-0.1, -0.05) is 30.3 Å². The van der Waals surface area contributed by atoms with Crippen LogP contribution in [0.3, 0.4) is 0 Å². The third kappa shape index (κ3) is 2.41. The highest BCUT2D eigenvalue weighted by molar-refractivity contribution is 5.45. The predicted octanol–water partition coefficient (Wildman–Crippen LogP) is 2.30. The fourth-order valence-corrected chi connectivity index (χ4v) is 2.59. The minimum atomic E-state index is 0.499. The quantitative estimate of drug-likeness (QED) is 0.895. The summed E-state index contributed by atoms with van der Waals surface area (Å²) >= 11 is 0. The molecule has 0 amide bonds. The Morgan fingerprint density at radius 3 is 2.89 bits per heavy atom. The molecule has 1 aliphatic rings. The highest BCUT2D eigenvalue weighted by Gasteiger charge is 2.23. The highest BCUT2D eigenvalue weighted by atomic mass is 16.3. The number of nitrogens with one attached hydrogen (secondary N) is 1. The number of hydrogen-bond donors (Lipinski definition) is 1. The lowest BCUT2D eigenvalue weighted by atomic mass is 10.0. The number of nitrogens with zero attached hydrogens (tertiary/aromatic N) is 1. The zero-order chi connectivity index (χ0) is 12.2. The largest absolute Gasteiger partial charge is 0.470 e. The first kappa shape index (κ1) is 11.4. The monoisotopic (exact) mass is 242 g/mol. The second-order valence-electron chi connectivity index (χ2n) is 4.72.